The van der Waals surface area contributed by atoms with E-state index in [4.69, 9.17) is 18.9 Å². The molecule has 0 fully saturated rings. The van der Waals surface area contributed by atoms with Crippen molar-refractivity contribution in [3.8, 4) is 23.0 Å². The average molecular weight is 533 g/mol. The highest BCUT2D eigenvalue weighted by Crippen LogP contribution is 2.43. The second kappa shape index (κ2) is 11.6. The SMILES string of the molecule is COc1ccc(OC)c(CC2c3c(OC)ccc(OC)c3CCN2CC(=O)N[C@H]2c3ccccc3C[C@H]2O)c1. The minimum absolute atomic E-state index is 0.135. The lowest BCUT2D eigenvalue weighted by atomic mass is 9.87. The number of nitrogens with one attached hydrogen (secondary N) is 1. The number of carbonyl (C=O) groups excluding carboxylic acids is 1. The molecule has 0 aromatic heterocycles. The molecule has 0 bridgehead atoms. The van der Waals surface area contributed by atoms with Gasteiger partial charge >= 0.3 is 0 Å². The number of rotatable bonds is 9. The van der Waals surface area contributed by atoms with Crippen LogP contribution < -0.4 is 24.3 Å². The zero-order valence-electron chi connectivity index (χ0n) is 22.9. The van der Waals surface area contributed by atoms with Gasteiger partial charge in [0.15, 0.2) is 0 Å². The first-order valence-electron chi connectivity index (χ1n) is 13.2. The summed E-state index contributed by atoms with van der Waals surface area (Å²) >= 11 is 0. The van der Waals surface area contributed by atoms with Crippen molar-refractivity contribution >= 4 is 5.91 Å². The van der Waals surface area contributed by atoms with Crippen LogP contribution in [-0.4, -0.2) is 63.5 Å². The molecule has 1 unspecified atom stereocenters. The van der Waals surface area contributed by atoms with Crippen LogP contribution in [0.2, 0.25) is 0 Å². The first-order valence-corrected chi connectivity index (χ1v) is 13.2. The molecule has 3 aromatic carbocycles. The molecule has 2 N–H and O–H groups in total. The van der Waals surface area contributed by atoms with E-state index >= 15 is 0 Å². The Balaban J connectivity index is 1.48. The number of carbonyl (C=O) groups is 1. The molecule has 1 aliphatic heterocycles. The zero-order valence-corrected chi connectivity index (χ0v) is 22.9. The maximum Gasteiger partial charge on any atom is 0.234 e. The van der Waals surface area contributed by atoms with Gasteiger partial charge < -0.3 is 29.4 Å². The van der Waals surface area contributed by atoms with E-state index in [2.05, 4.69) is 10.2 Å². The fourth-order valence-corrected chi connectivity index (χ4v) is 6.03. The molecule has 0 saturated heterocycles. The van der Waals surface area contributed by atoms with Gasteiger partial charge in [-0.1, -0.05) is 24.3 Å². The molecule has 206 valence electrons. The molecule has 1 heterocycles. The maximum absolute atomic E-state index is 13.5. The molecule has 8 heteroatoms. The van der Waals surface area contributed by atoms with Crippen LogP contribution in [0.1, 0.15) is 39.9 Å². The van der Waals surface area contributed by atoms with Gasteiger partial charge in [-0.15, -0.1) is 0 Å². The summed E-state index contributed by atoms with van der Waals surface area (Å²) in [4.78, 5) is 15.6. The molecular formula is C31H36N2O6. The Bertz CT molecular complexity index is 1340. The Morgan fingerprint density at radius 1 is 0.949 bits per heavy atom. The van der Waals surface area contributed by atoms with Gasteiger partial charge in [0.25, 0.3) is 0 Å². The lowest BCUT2D eigenvalue weighted by molar-refractivity contribution is -0.124. The number of nitrogens with zero attached hydrogens (tertiary/aromatic N) is 1. The molecule has 8 nitrogen and oxygen atoms in total. The molecule has 1 aliphatic carbocycles. The number of aliphatic hydroxyl groups is 1. The van der Waals surface area contributed by atoms with Gasteiger partial charge in [-0.05, 0) is 59.9 Å². The lowest BCUT2D eigenvalue weighted by Crippen LogP contribution is -2.45. The first kappa shape index (κ1) is 26.8. The van der Waals surface area contributed by atoms with Crippen LogP contribution in [0.25, 0.3) is 0 Å². The maximum atomic E-state index is 13.5. The van der Waals surface area contributed by atoms with E-state index in [0.29, 0.717) is 25.8 Å². The van der Waals surface area contributed by atoms with Crippen LogP contribution in [0, 0.1) is 0 Å². The number of fused-ring (bicyclic) bond motifs is 2. The molecule has 0 saturated carbocycles. The molecule has 5 rings (SSSR count). The van der Waals surface area contributed by atoms with E-state index in [1.165, 1.54) is 0 Å². The van der Waals surface area contributed by atoms with Gasteiger partial charge in [0.05, 0.1) is 47.1 Å². The number of hydrogen-bond acceptors (Lipinski definition) is 7. The monoisotopic (exact) mass is 532 g/mol. The zero-order chi connectivity index (χ0) is 27.5. The van der Waals surface area contributed by atoms with Crippen molar-refractivity contribution in [1.29, 1.82) is 0 Å². The van der Waals surface area contributed by atoms with Crippen LogP contribution in [-0.2, 0) is 24.1 Å². The summed E-state index contributed by atoms with van der Waals surface area (Å²) in [7, 11) is 6.63. The number of methoxy groups -OCH3 is 4. The summed E-state index contributed by atoms with van der Waals surface area (Å²) in [5, 5.41) is 13.8. The van der Waals surface area contributed by atoms with Crippen molar-refractivity contribution in [1.82, 2.24) is 10.2 Å². The van der Waals surface area contributed by atoms with Crippen LogP contribution in [0.15, 0.2) is 54.6 Å². The topological polar surface area (TPSA) is 89.5 Å². The third kappa shape index (κ3) is 5.27. The molecule has 0 radical (unpaired) electrons. The van der Waals surface area contributed by atoms with Crippen molar-refractivity contribution in [2.45, 2.75) is 37.5 Å². The van der Waals surface area contributed by atoms with Crippen molar-refractivity contribution in [2.75, 3.05) is 41.5 Å². The fraction of sp³-hybridized carbons (Fsp3) is 0.387. The minimum atomic E-state index is -0.644. The highest BCUT2D eigenvalue weighted by Gasteiger charge is 2.36. The number of benzene rings is 3. The van der Waals surface area contributed by atoms with Crippen molar-refractivity contribution in [2.24, 2.45) is 0 Å². The predicted molar refractivity (Wildman–Crippen MR) is 148 cm³/mol. The van der Waals surface area contributed by atoms with Gasteiger partial charge in [-0.2, -0.15) is 0 Å². The highest BCUT2D eigenvalue weighted by molar-refractivity contribution is 5.79. The van der Waals surface area contributed by atoms with Gasteiger partial charge in [0, 0.05) is 30.1 Å². The standard InChI is InChI=1S/C31H36N2O6/c1-36-21-9-10-26(37-2)20(15-21)16-24-30-23(27(38-3)11-12-28(30)39-4)13-14-33(24)18-29(35)32-31-22-8-6-5-7-19(22)17-25(31)34/h5-12,15,24-25,31,34H,13-14,16-18H2,1-4H3,(H,32,35)/t24?,25-,31+/m1/s1. The second-order valence-electron chi connectivity index (χ2n) is 10.00. The summed E-state index contributed by atoms with van der Waals surface area (Å²) in [6, 6.07) is 16.9. The number of ether oxygens (including phenoxy) is 4. The summed E-state index contributed by atoms with van der Waals surface area (Å²) < 4.78 is 22.7. The van der Waals surface area contributed by atoms with Gasteiger partial charge in [-0.3, -0.25) is 9.69 Å². The van der Waals surface area contributed by atoms with E-state index in [1.807, 2.05) is 54.6 Å². The highest BCUT2D eigenvalue weighted by atomic mass is 16.5. The average Bonchev–Trinajstić information content (AvgIpc) is 3.27. The Morgan fingerprint density at radius 3 is 2.41 bits per heavy atom. The molecule has 0 spiro atoms. The molecular weight excluding hydrogens is 496 g/mol. The third-order valence-electron chi connectivity index (χ3n) is 7.90. The first-order chi connectivity index (χ1) is 19.0. The fourth-order valence-electron chi connectivity index (χ4n) is 6.03. The lowest BCUT2D eigenvalue weighted by Gasteiger charge is -2.38. The largest absolute Gasteiger partial charge is 0.497 e. The molecule has 1 amide bonds. The summed E-state index contributed by atoms with van der Waals surface area (Å²) in [5.41, 5.74) is 5.10. The van der Waals surface area contributed by atoms with Crippen LogP contribution >= 0.6 is 0 Å². The van der Waals surface area contributed by atoms with E-state index in [0.717, 1.165) is 50.8 Å². The second-order valence-corrected chi connectivity index (χ2v) is 10.00. The van der Waals surface area contributed by atoms with Crippen molar-refractivity contribution < 1.29 is 28.8 Å². The van der Waals surface area contributed by atoms with Gasteiger partial charge in [0.1, 0.15) is 23.0 Å². The van der Waals surface area contributed by atoms with E-state index < -0.39 is 12.1 Å². The summed E-state index contributed by atoms with van der Waals surface area (Å²) in [6.45, 7) is 0.826. The van der Waals surface area contributed by atoms with E-state index in [1.54, 1.807) is 28.4 Å². The summed E-state index contributed by atoms with van der Waals surface area (Å²) in [5.74, 6) is 2.91. The van der Waals surface area contributed by atoms with Crippen LogP contribution in [0.5, 0.6) is 23.0 Å². The normalized spacial score (nSPS) is 20.1. The van der Waals surface area contributed by atoms with Crippen molar-refractivity contribution in [3.63, 3.8) is 0 Å². The molecule has 3 atom stereocenters. The Kier molecular flexibility index (Phi) is 7.95. The van der Waals surface area contributed by atoms with Crippen LogP contribution in [0.3, 0.4) is 0 Å². The smallest absolute Gasteiger partial charge is 0.234 e. The van der Waals surface area contributed by atoms with Gasteiger partial charge in [0.2, 0.25) is 5.91 Å². The molecule has 3 aromatic rings. The van der Waals surface area contributed by atoms with E-state index in [-0.39, 0.29) is 18.5 Å². The Hall–Kier alpha value is -3.75. The third-order valence-corrected chi connectivity index (χ3v) is 7.90. The number of hydrogen-bond donors (Lipinski definition) is 2. The minimum Gasteiger partial charge on any atom is -0.497 e. The Labute approximate surface area is 229 Å². The van der Waals surface area contributed by atoms with E-state index in [9.17, 15) is 9.90 Å². The molecule has 39 heavy (non-hydrogen) atoms. The predicted octanol–water partition coefficient (Wildman–Crippen LogP) is 3.64. The number of aliphatic hydroxyl groups excluding tert-OH is 1. The number of amides is 1. The van der Waals surface area contributed by atoms with Crippen LogP contribution in [0.4, 0.5) is 0 Å². The molecule has 2 aliphatic rings. The summed E-state index contributed by atoms with van der Waals surface area (Å²) in [6.07, 6.45) is 1.17. The quantitative estimate of drug-likeness (QED) is 0.435. The van der Waals surface area contributed by atoms with Gasteiger partial charge in [-0.25, -0.2) is 0 Å². The van der Waals surface area contributed by atoms with Crippen molar-refractivity contribution in [3.05, 3.63) is 82.4 Å². The Morgan fingerprint density at radius 2 is 1.67 bits per heavy atom.